The molecule has 1 aliphatic heterocycles. The Balaban J connectivity index is 2.22. The molecule has 0 spiro atoms. The number of rotatable bonds is 2. The van der Waals surface area contributed by atoms with Gasteiger partial charge in [0.15, 0.2) is 0 Å². The van der Waals surface area contributed by atoms with Crippen LogP contribution in [0.25, 0.3) is 0 Å². The van der Waals surface area contributed by atoms with E-state index in [0.29, 0.717) is 6.61 Å². The van der Waals surface area contributed by atoms with Gasteiger partial charge < -0.3 is 4.74 Å². The number of nitrogens with zero attached hydrogens (tertiary/aromatic N) is 1. The predicted molar refractivity (Wildman–Crippen MR) is 55.4 cm³/mol. The maximum Gasteiger partial charge on any atom is 0.242 e. The lowest BCUT2D eigenvalue weighted by atomic mass is 9.88. The van der Waals surface area contributed by atoms with Crippen molar-refractivity contribution in [3.8, 4) is 0 Å². The van der Waals surface area contributed by atoms with Crippen molar-refractivity contribution in [2.75, 3.05) is 13.2 Å². The van der Waals surface area contributed by atoms with Crippen molar-refractivity contribution < 1.29 is 9.66 Å². The van der Waals surface area contributed by atoms with Gasteiger partial charge in [0.2, 0.25) is 6.04 Å². The number of ether oxygens (including phenoxy) is 1. The fraction of sp³-hybridized carbons (Fsp3) is 0.455. The fourth-order valence-electron chi connectivity index (χ4n) is 2.02. The molecule has 2 atom stereocenters. The molecule has 0 bridgehead atoms. The first-order chi connectivity index (χ1) is 7.29. The van der Waals surface area contributed by atoms with E-state index in [9.17, 15) is 10.1 Å². The van der Waals surface area contributed by atoms with Crippen LogP contribution in [0.3, 0.4) is 0 Å². The van der Waals surface area contributed by atoms with Crippen LogP contribution in [0.15, 0.2) is 30.3 Å². The second-order valence-corrected chi connectivity index (χ2v) is 3.73. The normalized spacial score (nSPS) is 26.1. The van der Waals surface area contributed by atoms with Crippen LogP contribution in [-0.2, 0) is 4.74 Å². The van der Waals surface area contributed by atoms with Crippen LogP contribution in [0.1, 0.15) is 17.9 Å². The molecular formula is C11H13NO3. The molecule has 0 unspecified atom stereocenters. The van der Waals surface area contributed by atoms with Crippen molar-refractivity contribution >= 4 is 0 Å². The lowest BCUT2D eigenvalue weighted by Gasteiger charge is -2.25. The summed E-state index contributed by atoms with van der Waals surface area (Å²) in [4.78, 5) is 10.6. The molecule has 0 aliphatic carbocycles. The quantitative estimate of drug-likeness (QED) is 0.549. The summed E-state index contributed by atoms with van der Waals surface area (Å²) < 4.78 is 5.15. The van der Waals surface area contributed by atoms with Crippen molar-refractivity contribution in [1.82, 2.24) is 0 Å². The molecule has 15 heavy (non-hydrogen) atoms. The number of benzene rings is 1. The molecule has 1 aromatic carbocycles. The van der Waals surface area contributed by atoms with Gasteiger partial charge in [-0.25, -0.2) is 0 Å². The summed E-state index contributed by atoms with van der Waals surface area (Å²) in [7, 11) is 0. The minimum Gasteiger partial charge on any atom is -0.374 e. The minimum atomic E-state index is -0.596. The summed E-state index contributed by atoms with van der Waals surface area (Å²) in [6.45, 7) is 0.844. The van der Waals surface area contributed by atoms with E-state index >= 15 is 0 Å². The molecule has 0 radical (unpaired) electrons. The van der Waals surface area contributed by atoms with Crippen LogP contribution in [-0.4, -0.2) is 24.2 Å². The van der Waals surface area contributed by atoms with Gasteiger partial charge in [0.05, 0.1) is 5.92 Å². The van der Waals surface area contributed by atoms with Crippen molar-refractivity contribution in [2.45, 2.75) is 18.4 Å². The Morgan fingerprint density at radius 2 is 2.07 bits per heavy atom. The molecule has 1 aliphatic rings. The first kappa shape index (κ1) is 10.1. The van der Waals surface area contributed by atoms with Crippen molar-refractivity contribution in [3.05, 3.63) is 46.0 Å². The van der Waals surface area contributed by atoms with Crippen LogP contribution < -0.4 is 0 Å². The van der Waals surface area contributed by atoms with E-state index in [1.165, 1.54) is 0 Å². The standard InChI is InChI=1S/C11H13NO3/c13-12(14)11-8-15-7-6-10(11)9-4-2-1-3-5-9/h1-5,10-11H,6-8H2/t10-,11+/m0/s1. The molecule has 4 heteroatoms. The van der Waals surface area contributed by atoms with Gasteiger partial charge in [0.1, 0.15) is 6.61 Å². The van der Waals surface area contributed by atoms with Gasteiger partial charge in [-0.15, -0.1) is 0 Å². The molecule has 1 saturated heterocycles. The van der Waals surface area contributed by atoms with Gasteiger partial charge in [-0.05, 0) is 12.0 Å². The third-order valence-electron chi connectivity index (χ3n) is 2.82. The average Bonchev–Trinajstić information content (AvgIpc) is 2.30. The molecule has 1 fully saturated rings. The Morgan fingerprint density at radius 1 is 1.33 bits per heavy atom. The number of hydrogen-bond donors (Lipinski definition) is 0. The third kappa shape index (κ3) is 2.15. The first-order valence-electron chi connectivity index (χ1n) is 5.05. The Hall–Kier alpha value is -1.42. The molecule has 0 amide bonds. The molecule has 80 valence electrons. The molecule has 2 rings (SSSR count). The third-order valence-corrected chi connectivity index (χ3v) is 2.82. The van der Waals surface area contributed by atoms with Gasteiger partial charge in [-0.1, -0.05) is 30.3 Å². The predicted octanol–water partition coefficient (Wildman–Crippen LogP) is 1.84. The average molecular weight is 207 g/mol. The lowest BCUT2D eigenvalue weighted by molar-refractivity contribution is -0.534. The Labute approximate surface area is 88.0 Å². The summed E-state index contributed by atoms with van der Waals surface area (Å²) in [6, 6.07) is 9.06. The summed E-state index contributed by atoms with van der Waals surface area (Å²) in [5.41, 5.74) is 1.04. The van der Waals surface area contributed by atoms with Crippen LogP contribution in [0, 0.1) is 10.1 Å². The highest BCUT2D eigenvalue weighted by Gasteiger charge is 2.35. The summed E-state index contributed by atoms with van der Waals surface area (Å²) in [5, 5.41) is 10.9. The summed E-state index contributed by atoms with van der Waals surface area (Å²) >= 11 is 0. The first-order valence-corrected chi connectivity index (χ1v) is 5.05. The fourth-order valence-corrected chi connectivity index (χ4v) is 2.02. The number of hydrogen-bond acceptors (Lipinski definition) is 3. The second kappa shape index (κ2) is 4.40. The van der Waals surface area contributed by atoms with Gasteiger partial charge in [-0.3, -0.25) is 10.1 Å². The van der Waals surface area contributed by atoms with Crippen molar-refractivity contribution in [1.29, 1.82) is 0 Å². The van der Waals surface area contributed by atoms with E-state index in [0.717, 1.165) is 12.0 Å². The van der Waals surface area contributed by atoms with Crippen molar-refractivity contribution in [2.24, 2.45) is 0 Å². The second-order valence-electron chi connectivity index (χ2n) is 3.73. The molecule has 4 nitrogen and oxygen atoms in total. The zero-order valence-corrected chi connectivity index (χ0v) is 8.33. The Bertz CT molecular complexity index is 339. The van der Waals surface area contributed by atoms with E-state index in [-0.39, 0.29) is 17.4 Å². The van der Waals surface area contributed by atoms with Gasteiger partial charge in [-0.2, -0.15) is 0 Å². The Morgan fingerprint density at radius 3 is 2.73 bits per heavy atom. The van der Waals surface area contributed by atoms with E-state index in [2.05, 4.69) is 0 Å². The van der Waals surface area contributed by atoms with Crippen LogP contribution >= 0.6 is 0 Å². The Kier molecular flexibility index (Phi) is 2.97. The highest BCUT2D eigenvalue weighted by molar-refractivity contribution is 5.21. The molecule has 0 N–H and O–H groups in total. The number of nitro groups is 1. The largest absolute Gasteiger partial charge is 0.374 e. The zero-order valence-electron chi connectivity index (χ0n) is 8.33. The van der Waals surface area contributed by atoms with Crippen LogP contribution in [0.2, 0.25) is 0 Å². The zero-order chi connectivity index (χ0) is 10.7. The lowest BCUT2D eigenvalue weighted by Crippen LogP contribution is -2.37. The van der Waals surface area contributed by atoms with Gasteiger partial charge in [0, 0.05) is 11.5 Å². The van der Waals surface area contributed by atoms with Crippen LogP contribution in [0.4, 0.5) is 0 Å². The molecule has 1 aromatic rings. The van der Waals surface area contributed by atoms with E-state index in [1.807, 2.05) is 30.3 Å². The smallest absolute Gasteiger partial charge is 0.242 e. The van der Waals surface area contributed by atoms with E-state index in [1.54, 1.807) is 0 Å². The molecule has 1 heterocycles. The highest BCUT2D eigenvalue weighted by atomic mass is 16.6. The monoisotopic (exact) mass is 207 g/mol. The van der Waals surface area contributed by atoms with E-state index in [4.69, 9.17) is 4.74 Å². The summed E-state index contributed by atoms with van der Waals surface area (Å²) in [6.07, 6.45) is 0.732. The van der Waals surface area contributed by atoms with Crippen molar-refractivity contribution in [3.63, 3.8) is 0 Å². The van der Waals surface area contributed by atoms with Gasteiger partial charge >= 0.3 is 0 Å². The van der Waals surface area contributed by atoms with Crippen LogP contribution in [0.5, 0.6) is 0 Å². The topological polar surface area (TPSA) is 52.4 Å². The SMILES string of the molecule is O=[N+]([O-])[C@@H]1COCC[C@H]1c1ccccc1. The minimum absolute atomic E-state index is 0.00468. The molecule has 0 saturated carbocycles. The highest BCUT2D eigenvalue weighted by Crippen LogP contribution is 2.28. The molecule has 0 aromatic heterocycles. The maximum absolute atomic E-state index is 10.9. The maximum atomic E-state index is 10.9. The van der Waals surface area contributed by atoms with Gasteiger partial charge in [0.25, 0.3) is 0 Å². The van der Waals surface area contributed by atoms with E-state index < -0.39 is 6.04 Å². The summed E-state index contributed by atoms with van der Waals surface area (Å²) in [5.74, 6) is -0.00468. The molecular weight excluding hydrogens is 194 g/mol.